The summed E-state index contributed by atoms with van der Waals surface area (Å²) < 4.78 is 13.1. The molecule has 1 aliphatic rings. The smallest absolute Gasteiger partial charge is 0.227 e. The van der Waals surface area contributed by atoms with E-state index >= 15 is 0 Å². The van der Waals surface area contributed by atoms with Gasteiger partial charge in [-0.2, -0.15) is 0 Å². The predicted octanol–water partition coefficient (Wildman–Crippen LogP) is 3.76. The molecule has 24 heavy (non-hydrogen) atoms. The van der Waals surface area contributed by atoms with Crippen LogP contribution in [0.2, 0.25) is 5.02 Å². The van der Waals surface area contributed by atoms with Crippen molar-refractivity contribution in [1.82, 2.24) is 4.90 Å². The molecule has 2 aromatic carbocycles. The molecule has 126 valence electrons. The fourth-order valence-electron chi connectivity index (χ4n) is 2.99. The zero-order valence-corrected chi connectivity index (χ0v) is 14.2. The van der Waals surface area contributed by atoms with Crippen LogP contribution in [0.25, 0.3) is 0 Å². The molecule has 1 heterocycles. The standard InChI is InChI=1S/C19H20ClFN2O/c20-18-5-2-1-4-15(18)14-19(24)23-11-3-10-22(12-13-23)17-8-6-16(21)7-9-17/h1-2,4-9H,3,10-14H2. The molecular formula is C19H20ClFN2O. The van der Waals surface area contributed by atoms with E-state index in [1.165, 1.54) is 12.1 Å². The Bertz CT molecular complexity index is 705. The van der Waals surface area contributed by atoms with Crippen LogP contribution in [0.1, 0.15) is 12.0 Å². The van der Waals surface area contributed by atoms with Gasteiger partial charge in [0.05, 0.1) is 6.42 Å². The minimum Gasteiger partial charge on any atom is -0.370 e. The van der Waals surface area contributed by atoms with Crippen LogP contribution in [0.5, 0.6) is 0 Å². The van der Waals surface area contributed by atoms with Gasteiger partial charge in [-0.1, -0.05) is 29.8 Å². The molecule has 0 atom stereocenters. The topological polar surface area (TPSA) is 23.6 Å². The van der Waals surface area contributed by atoms with E-state index in [4.69, 9.17) is 11.6 Å². The molecular weight excluding hydrogens is 327 g/mol. The van der Waals surface area contributed by atoms with Crippen LogP contribution in [-0.4, -0.2) is 37.0 Å². The minimum atomic E-state index is -0.231. The number of anilines is 1. The molecule has 0 aliphatic carbocycles. The molecule has 3 rings (SSSR count). The molecule has 0 spiro atoms. The van der Waals surface area contributed by atoms with Gasteiger partial charge in [0.2, 0.25) is 5.91 Å². The normalized spacial score (nSPS) is 15.2. The van der Waals surface area contributed by atoms with Crippen molar-refractivity contribution in [3.63, 3.8) is 0 Å². The van der Waals surface area contributed by atoms with Gasteiger partial charge in [0, 0.05) is 36.9 Å². The number of rotatable bonds is 3. The Morgan fingerprint density at radius 3 is 2.50 bits per heavy atom. The number of halogens is 2. The first-order valence-electron chi connectivity index (χ1n) is 8.15. The average Bonchev–Trinajstić information content (AvgIpc) is 2.84. The zero-order chi connectivity index (χ0) is 16.9. The van der Waals surface area contributed by atoms with Gasteiger partial charge in [-0.05, 0) is 42.3 Å². The fraction of sp³-hybridized carbons (Fsp3) is 0.316. The molecule has 0 bridgehead atoms. The number of hydrogen-bond acceptors (Lipinski definition) is 2. The van der Waals surface area contributed by atoms with Crippen molar-refractivity contribution in [2.24, 2.45) is 0 Å². The van der Waals surface area contributed by atoms with Crippen LogP contribution in [0.3, 0.4) is 0 Å². The van der Waals surface area contributed by atoms with E-state index in [9.17, 15) is 9.18 Å². The molecule has 0 unspecified atom stereocenters. The summed E-state index contributed by atoms with van der Waals surface area (Å²) >= 11 is 6.15. The molecule has 0 aromatic heterocycles. The average molecular weight is 347 g/mol. The van der Waals surface area contributed by atoms with Crippen molar-refractivity contribution >= 4 is 23.2 Å². The highest BCUT2D eigenvalue weighted by Gasteiger charge is 2.20. The Morgan fingerprint density at radius 2 is 1.75 bits per heavy atom. The lowest BCUT2D eigenvalue weighted by molar-refractivity contribution is -0.130. The zero-order valence-electron chi connectivity index (χ0n) is 13.4. The lowest BCUT2D eigenvalue weighted by atomic mass is 10.1. The van der Waals surface area contributed by atoms with E-state index < -0.39 is 0 Å². The Morgan fingerprint density at radius 1 is 1.00 bits per heavy atom. The van der Waals surface area contributed by atoms with Crippen LogP contribution >= 0.6 is 11.6 Å². The monoisotopic (exact) mass is 346 g/mol. The van der Waals surface area contributed by atoms with Crippen molar-refractivity contribution in [3.05, 3.63) is 64.9 Å². The van der Waals surface area contributed by atoms with Crippen LogP contribution in [0, 0.1) is 5.82 Å². The molecule has 1 saturated heterocycles. The second kappa shape index (κ2) is 7.67. The Kier molecular flexibility index (Phi) is 5.36. The van der Waals surface area contributed by atoms with Crippen LogP contribution < -0.4 is 4.90 Å². The van der Waals surface area contributed by atoms with E-state index in [2.05, 4.69) is 4.90 Å². The summed E-state index contributed by atoms with van der Waals surface area (Å²) in [5.41, 5.74) is 1.86. The molecule has 1 fully saturated rings. The largest absolute Gasteiger partial charge is 0.370 e. The highest BCUT2D eigenvalue weighted by atomic mass is 35.5. The van der Waals surface area contributed by atoms with Gasteiger partial charge in [-0.25, -0.2) is 4.39 Å². The van der Waals surface area contributed by atoms with E-state index in [0.29, 0.717) is 18.0 Å². The maximum Gasteiger partial charge on any atom is 0.227 e. The second-order valence-corrected chi connectivity index (χ2v) is 6.37. The Labute approximate surface area is 146 Å². The van der Waals surface area contributed by atoms with Crippen LogP contribution in [0.15, 0.2) is 48.5 Å². The van der Waals surface area contributed by atoms with Gasteiger partial charge in [0.1, 0.15) is 5.82 Å². The molecule has 5 heteroatoms. The second-order valence-electron chi connectivity index (χ2n) is 5.97. The van der Waals surface area contributed by atoms with Gasteiger partial charge >= 0.3 is 0 Å². The third kappa shape index (κ3) is 4.06. The third-order valence-corrected chi connectivity index (χ3v) is 4.71. The van der Waals surface area contributed by atoms with Gasteiger partial charge < -0.3 is 9.80 Å². The summed E-state index contributed by atoms with van der Waals surface area (Å²) in [4.78, 5) is 16.7. The third-order valence-electron chi connectivity index (χ3n) is 4.34. The first-order valence-corrected chi connectivity index (χ1v) is 8.53. The summed E-state index contributed by atoms with van der Waals surface area (Å²) in [6, 6.07) is 14.0. The first-order chi connectivity index (χ1) is 11.6. The van der Waals surface area contributed by atoms with Crippen molar-refractivity contribution in [3.8, 4) is 0 Å². The van der Waals surface area contributed by atoms with Gasteiger partial charge in [-0.3, -0.25) is 4.79 Å². The maximum absolute atomic E-state index is 13.1. The Hall–Kier alpha value is -2.07. The van der Waals surface area contributed by atoms with Crippen LogP contribution in [-0.2, 0) is 11.2 Å². The van der Waals surface area contributed by atoms with Crippen molar-refractivity contribution in [2.45, 2.75) is 12.8 Å². The van der Waals surface area contributed by atoms with E-state index in [1.54, 1.807) is 12.1 Å². The Balaban J connectivity index is 1.61. The highest BCUT2D eigenvalue weighted by Crippen LogP contribution is 2.19. The molecule has 3 nitrogen and oxygen atoms in total. The lowest BCUT2D eigenvalue weighted by Crippen LogP contribution is -2.36. The number of nitrogens with zero attached hydrogens (tertiary/aromatic N) is 2. The predicted molar refractivity (Wildman–Crippen MR) is 95.0 cm³/mol. The summed E-state index contributed by atoms with van der Waals surface area (Å²) in [6.45, 7) is 3.02. The van der Waals surface area contributed by atoms with Crippen LogP contribution in [0.4, 0.5) is 10.1 Å². The first kappa shape index (κ1) is 16.8. The minimum absolute atomic E-state index is 0.101. The molecule has 1 amide bonds. The number of hydrogen-bond donors (Lipinski definition) is 0. The summed E-state index contributed by atoms with van der Waals surface area (Å²) in [6.07, 6.45) is 1.22. The summed E-state index contributed by atoms with van der Waals surface area (Å²) in [5.74, 6) is -0.130. The van der Waals surface area contributed by atoms with Gasteiger partial charge in [0.25, 0.3) is 0 Å². The molecule has 0 saturated carbocycles. The molecule has 1 aliphatic heterocycles. The molecule has 0 radical (unpaired) electrons. The summed E-state index contributed by atoms with van der Waals surface area (Å²) in [7, 11) is 0. The van der Waals surface area contributed by atoms with Gasteiger partial charge in [-0.15, -0.1) is 0 Å². The number of benzene rings is 2. The van der Waals surface area contributed by atoms with E-state index in [-0.39, 0.29) is 11.7 Å². The SMILES string of the molecule is O=C(Cc1ccccc1Cl)N1CCCN(c2ccc(F)cc2)CC1. The number of carbonyl (C=O) groups excluding carboxylic acids is 1. The number of amides is 1. The van der Waals surface area contributed by atoms with Crippen molar-refractivity contribution in [1.29, 1.82) is 0 Å². The maximum atomic E-state index is 13.1. The fourth-order valence-corrected chi connectivity index (χ4v) is 3.20. The van der Waals surface area contributed by atoms with E-state index in [0.717, 1.165) is 37.3 Å². The van der Waals surface area contributed by atoms with Crippen molar-refractivity contribution < 1.29 is 9.18 Å². The molecule has 0 N–H and O–H groups in total. The highest BCUT2D eigenvalue weighted by molar-refractivity contribution is 6.31. The number of carbonyl (C=O) groups is 1. The summed E-state index contributed by atoms with van der Waals surface area (Å²) in [5, 5.41) is 0.633. The molecule has 2 aromatic rings. The van der Waals surface area contributed by atoms with Gasteiger partial charge in [0.15, 0.2) is 0 Å². The van der Waals surface area contributed by atoms with Crippen molar-refractivity contribution in [2.75, 3.05) is 31.1 Å². The lowest BCUT2D eigenvalue weighted by Gasteiger charge is -2.24. The quantitative estimate of drug-likeness (QED) is 0.844. The van der Waals surface area contributed by atoms with E-state index in [1.807, 2.05) is 29.2 Å².